The standard InChI is InChI=1S/C14H14BrFN4O/c1-7-12(19-10-3-2-8(15)6-9(10)16)11(17)13-18-4-5-20(13)14(7)21/h2-3,6,18-19H,4-5,17H2,1H3. The lowest BCUT2D eigenvalue weighted by molar-refractivity contribution is 0.631. The minimum absolute atomic E-state index is 0.121. The van der Waals surface area contributed by atoms with Gasteiger partial charge in [-0.2, -0.15) is 0 Å². The number of aromatic nitrogens is 1. The molecular weight excluding hydrogens is 339 g/mol. The SMILES string of the molecule is Cc1c(Nc2ccc(Br)cc2F)c(N)c2n(c1=O)CCN2. The highest BCUT2D eigenvalue weighted by Gasteiger charge is 2.21. The highest BCUT2D eigenvalue weighted by atomic mass is 79.9. The first-order valence-corrected chi connectivity index (χ1v) is 7.27. The van der Waals surface area contributed by atoms with Crippen LogP contribution in [0.4, 0.5) is 27.3 Å². The molecule has 1 aromatic heterocycles. The van der Waals surface area contributed by atoms with E-state index in [0.717, 1.165) is 0 Å². The molecule has 0 saturated carbocycles. The van der Waals surface area contributed by atoms with Gasteiger partial charge in [0.2, 0.25) is 0 Å². The van der Waals surface area contributed by atoms with E-state index in [-0.39, 0.29) is 11.2 Å². The van der Waals surface area contributed by atoms with Crippen LogP contribution in [0, 0.1) is 12.7 Å². The zero-order valence-electron chi connectivity index (χ0n) is 11.3. The van der Waals surface area contributed by atoms with E-state index in [2.05, 4.69) is 26.6 Å². The lowest BCUT2D eigenvalue weighted by atomic mass is 10.2. The number of nitrogen functional groups attached to an aromatic ring is 1. The zero-order valence-corrected chi connectivity index (χ0v) is 12.9. The molecule has 0 radical (unpaired) electrons. The van der Waals surface area contributed by atoms with Crippen molar-refractivity contribution in [2.75, 3.05) is 22.9 Å². The number of anilines is 4. The number of nitrogens with two attached hydrogens (primary N) is 1. The summed E-state index contributed by atoms with van der Waals surface area (Å²) < 4.78 is 16.2. The molecule has 4 N–H and O–H groups in total. The summed E-state index contributed by atoms with van der Waals surface area (Å²) in [6.07, 6.45) is 0. The molecule has 2 aromatic rings. The van der Waals surface area contributed by atoms with Gasteiger partial charge < -0.3 is 16.4 Å². The van der Waals surface area contributed by atoms with Crippen LogP contribution in [0.1, 0.15) is 5.56 Å². The third-order valence-corrected chi connectivity index (χ3v) is 4.05. The van der Waals surface area contributed by atoms with Crippen LogP contribution in [0.3, 0.4) is 0 Å². The molecule has 0 amide bonds. The number of benzene rings is 1. The lowest BCUT2D eigenvalue weighted by Gasteiger charge is -2.16. The Morgan fingerprint density at radius 3 is 2.95 bits per heavy atom. The number of nitrogens with one attached hydrogen (secondary N) is 2. The fourth-order valence-corrected chi connectivity index (χ4v) is 2.79. The molecule has 3 rings (SSSR count). The smallest absolute Gasteiger partial charge is 0.257 e. The van der Waals surface area contributed by atoms with Crippen molar-refractivity contribution >= 4 is 38.8 Å². The van der Waals surface area contributed by atoms with Crippen LogP contribution < -0.4 is 21.9 Å². The van der Waals surface area contributed by atoms with Gasteiger partial charge in [-0.1, -0.05) is 15.9 Å². The predicted octanol–water partition coefficient (Wildman–Crippen LogP) is 2.81. The molecule has 0 fully saturated rings. The second-order valence-corrected chi connectivity index (χ2v) is 5.81. The molecule has 110 valence electrons. The first-order chi connectivity index (χ1) is 9.99. The van der Waals surface area contributed by atoms with E-state index < -0.39 is 5.82 Å². The zero-order chi connectivity index (χ0) is 15.1. The minimum atomic E-state index is -0.420. The summed E-state index contributed by atoms with van der Waals surface area (Å²) in [4.78, 5) is 12.3. The summed E-state index contributed by atoms with van der Waals surface area (Å²) in [7, 11) is 0. The number of nitrogens with zero attached hydrogens (tertiary/aromatic N) is 1. The van der Waals surface area contributed by atoms with Crippen molar-refractivity contribution < 1.29 is 4.39 Å². The molecule has 1 aliphatic heterocycles. The van der Waals surface area contributed by atoms with Gasteiger partial charge in [0.1, 0.15) is 11.6 Å². The summed E-state index contributed by atoms with van der Waals surface area (Å²) in [5.74, 6) is 0.169. The van der Waals surface area contributed by atoms with Crippen molar-refractivity contribution in [2.24, 2.45) is 0 Å². The van der Waals surface area contributed by atoms with Gasteiger partial charge in [-0.05, 0) is 25.1 Å². The number of hydrogen-bond donors (Lipinski definition) is 3. The third kappa shape index (κ3) is 2.27. The summed E-state index contributed by atoms with van der Waals surface area (Å²) in [6.45, 7) is 2.94. The average Bonchev–Trinajstić information content (AvgIpc) is 2.93. The summed E-state index contributed by atoms with van der Waals surface area (Å²) in [6, 6.07) is 4.66. The monoisotopic (exact) mass is 352 g/mol. The van der Waals surface area contributed by atoms with E-state index in [4.69, 9.17) is 5.73 Å². The molecule has 7 heteroatoms. The van der Waals surface area contributed by atoms with Crippen LogP contribution in [0.5, 0.6) is 0 Å². The fraction of sp³-hybridized carbons (Fsp3) is 0.214. The van der Waals surface area contributed by atoms with Crippen LogP contribution in [-0.4, -0.2) is 11.1 Å². The maximum atomic E-state index is 13.9. The van der Waals surface area contributed by atoms with Gasteiger partial charge in [0.25, 0.3) is 5.56 Å². The third-order valence-electron chi connectivity index (χ3n) is 3.55. The molecular formula is C14H14BrFN4O. The Bertz CT molecular complexity index is 788. The molecule has 1 aliphatic rings. The maximum Gasteiger partial charge on any atom is 0.257 e. The Labute approximate surface area is 129 Å². The molecule has 5 nitrogen and oxygen atoms in total. The Hall–Kier alpha value is -2.02. The largest absolute Gasteiger partial charge is 0.394 e. The molecule has 1 aromatic carbocycles. The normalized spacial score (nSPS) is 12.9. The Morgan fingerprint density at radius 1 is 1.48 bits per heavy atom. The fourth-order valence-electron chi connectivity index (χ4n) is 2.45. The number of fused-ring (bicyclic) bond motifs is 1. The van der Waals surface area contributed by atoms with Crippen LogP contribution >= 0.6 is 15.9 Å². The first-order valence-electron chi connectivity index (χ1n) is 6.48. The van der Waals surface area contributed by atoms with E-state index in [9.17, 15) is 9.18 Å². The highest BCUT2D eigenvalue weighted by molar-refractivity contribution is 9.10. The summed E-state index contributed by atoms with van der Waals surface area (Å²) in [5, 5.41) is 6.02. The van der Waals surface area contributed by atoms with Crippen molar-refractivity contribution in [1.29, 1.82) is 0 Å². The van der Waals surface area contributed by atoms with Gasteiger partial charge in [-0.15, -0.1) is 0 Å². The Kier molecular flexibility index (Phi) is 3.36. The number of pyridine rings is 1. The van der Waals surface area contributed by atoms with Crippen molar-refractivity contribution in [3.8, 4) is 0 Å². The first kappa shape index (κ1) is 13.9. The van der Waals surface area contributed by atoms with E-state index in [1.54, 1.807) is 23.6 Å². The molecule has 0 atom stereocenters. The molecule has 0 bridgehead atoms. The van der Waals surface area contributed by atoms with Gasteiger partial charge in [-0.3, -0.25) is 9.36 Å². The highest BCUT2D eigenvalue weighted by Crippen LogP contribution is 2.33. The molecule has 0 spiro atoms. The molecule has 0 saturated heterocycles. The van der Waals surface area contributed by atoms with Crippen molar-refractivity contribution in [2.45, 2.75) is 13.5 Å². The summed E-state index contributed by atoms with van der Waals surface area (Å²) in [5.41, 5.74) is 7.61. The predicted molar refractivity (Wildman–Crippen MR) is 85.7 cm³/mol. The second kappa shape index (κ2) is 5.07. The van der Waals surface area contributed by atoms with Gasteiger partial charge in [0, 0.05) is 23.1 Å². The molecule has 21 heavy (non-hydrogen) atoms. The summed E-state index contributed by atoms with van der Waals surface area (Å²) >= 11 is 3.21. The molecule has 0 aliphatic carbocycles. The Morgan fingerprint density at radius 2 is 2.24 bits per heavy atom. The lowest BCUT2D eigenvalue weighted by Crippen LogP contribution is -2.23. The van der Waals surface area contributed by atoms with E-state index >= 15 is 0 Å². The minimum Gasteiger partial charge on any atom is -0.394 e. The average molecular weight is 353 g/mol. The van der Waals surface area contributed by atoms with Gasteiger partial charge in [0.05, 0.1) is 17.1 Å². The maximum absolute atomic E-state index is 13.9. The number of halogens is 2. The molecule has 0 unspecified atom stereocenters. The van der Waals surface area contributed by atoms with Crippen molar-refractivity contribution in [3.05, 3.63) is 44.4 Å². The number of hydrogen-bond acceptors (Lipinski definition) is 4. The quantitative estimate of drug-likeness (QED) is 0.777. The topological polar surface area (TPSA) is 72.1 Å². The number of rotatable bonds is 2. The Balaban J connectivity index is 2.11. The van der Waals surface area contributed by atoms with Crippen LogP contribution in [0.25, 0.3) is 0 Å². The van der Waals surface area contributed by atoms with E-state index in [0.29, 0.717) is 40.3 Å². The molecule has 2 heterocycles. The van der Waals surface area contributed by atoms with Gasteiger partial charge >= 0.3 is 0 Å². The van der Waals surface area contributed by atoms with Crippen molar-refractivity contribution in [3.63, 3.8) is 0 Å². The van der Waals surface area contributed by atoms with Crippen molar-refractivity contribution in [1.82, 2.24) is 4.57 Å². The van der Waals surface area contributed by atoms with Crippen LogP contribution in [-0.2, 0) is 6.54 Å². The second-order valence-electron chi connectivity index (χ2n) is 4.90. The van der Waals surface area contributed by atoms with Crippen LogP contribution in [0.15, 0.2) is 27.5 Å². The van der Waals surface area contributed by atoms with Gasteiger partial charge in [-0.25, -0.2) is 4.39 Å². The van der Waals surface area contributed by atoms with E-state index in [1.165, 1.54) is 6.07 Å². The van der Waals surface area contributed by atoms with E-state index in [1.807, 2.05) is 0 Å². The van der Waals surface area contributed by atoms with Gasteiger partial charge in [0.15, 0.2) is 0 Å². The van der Waals surface area contributed by atoms with Crippen LogP contribution in [0.2, 0.25) is 0 Å².